The molecule has 0 radical (unpaired) electrons. The molecule has 0 heterocycles. The molecule has 0 aromatic heterocycles. The number of benzene rings is 3. The molecule has 184 valence electrons. The van der Waals surface area contributed by atoms with Gasteiger partial charge in [0.2, 0.25) is 0 Å². The number of nitrogens with one attached hydrogen (secondary N) is 2. The van der Waals surface area contributed by atoms with Gasteiger partial charge in [-0.3, -0.25) is 4.79 Å². The Hall–Kier alpha value is -3.87. The number of hydrogen-bond donors (Lipinski definition) is 2. The first-order chi connectivity index (χ1) is 16.7. The van der Waals surface area contributed by atoms with Crippen LogP contribution in [0, 0.1) is 5.82 Å². The lowest BCUT2D eigenvalue weighted by molar-refractivity contribution is 0.102. The summed E-state index contributed by atoms with van der Waals surface area (Å²) in [6.45, 7) is 6.18. The third kappa shape index (κ3) is 6.82. The van der Waals surface area contributed by atoms with Crippen LogP contribution < -0.4 is 15.5 Å². The molecule has 3 amide bonds. The number of halogens is 1. The maximum atomic E-state index is 13.6. The smallest absolute Gasteiger partial charge is 0.318 e. The summed E-state index contributed by atoms with van der Waals surface area (Å²) in [6, 6.07) is 20.6. The fraction of sp³-hybridized carbons (Fsp3) is 0.286. The van der Waals surface area contributed by atoms with E-state index < -0.39 is 11.7 Å². The molecule has 1 unspecified atom stereocenters. The minimum Gasteiger partial charge on any atom is -0.377 e. The summed E-state index contributed by atoms with van der Waals surface area (Å²) in [5, 5.41) is 5.85. The highest BCUT2D eigenvalue weighted by Crippen LogP contribution is 2.29. The molecule has 2 N–H and O–H groups in total. The number of urea groups is 1. The van der Waals surface area contributed by atoms with Crippen molar-refractivity contribution in [2.45, 2.75) is 39.4 Å². The zero-order valence-electron chi connectivity index (χ0n) is 20.9. The lowest BCUT2D eigenvalue weighted by Gasteiger charge is -2.32. The first-order valence-electron chi connectivity index (χ1n) is 11.6. The van der Waals surface area contributed by atoms with Crippen molar-refractivity contribution in [3.8, 4) is 0 Å². The van der Waals surface area contributed by atoms with E-state index in [2.05, 4.69) is 10.6 Å². The molecule has 35 heavy (non-hydrogen) atoms. The quantitative estimate of drug-likeness (QED) is 0.430. The first kappa shape index (κ1) is 25.7. The fourth-order valence-corrected chi connectivity index (χ4v) is 3.87. The largest absolute Gasteiger partial charge is 0.377 e. The van der Waals surface area contributed by atoms with Crippen molar-refractivity contribution in [3.05, 3.63) is 95.3 Å². The number of rotatable bonds is 8. The standard InChI is InChI=1S/C28H33FN4O2/c1-19(2)30-28(35)33(20(3)21-10-7-6-8-11-21)18-23-17-25(14-15-26(23)32(4)5)31-27(34)22-12-9-13-24(29)16-22/h6-17,19-20H,18H2,1-5H3,(H,30,35)(H,31,34). The Labute approximate surface area is 206 Å². The number of carbonyl (C=O) groups excluding carboxylic acids is 2. The summed E-state index contributed by atoms with van der Waals surface area (Å²) in [5.74, 6) is -0.872. The minimum atomic E-state index is -0.469. The molecule has 0 bridgehead atoms. The monoisotopic (exact) mass is 476 g/mol. The van der Waals surface area contributed by atoms with Gasteiger partial charge in [-0.1, -0.05) is 36.4 Å². The van der Waals surface area contributed by atoms with Gasteiger partial charge in [-0.05, 0) is 68.3 Å². The molecule has 7 heteroatoms. The third-order valence-electron chi connectivity index (χ3n) is 5.67. The van der Waals surface area contributed by atoms with Gasteiger partial charge in [0.05, 0.1) is 12.6 Å². The van der Waals surface area contributed by atoms with Crippen molar-refractivity contribution < 1.29 is 14.0 Å². The number of anilines is 2. The normalized spacial score (nSPS) is 11.6. The second-order valence-electron chi connectivity index (χ2n) is 9.02. The van der Waals surface area contributed by atoms with E-state index in [0.717, 1.165) is 16.8 Å². The molecular weight excluding hydrogens is 443 g/mol. The van der Waals surface area contributed by atoms with E-state index in [9.17, 15) is 14.0 Å². The van der Waals surface area contributed by atoms with Gasteiger partial charge in [-0.2, -0.15) is 0 Å². The third-order valence-corrected chi connectivity index (χ3v) is 5.67. The molecule has 0 saturated heterocycles. The Kier molecular flexibility index (Phi) is 8.47. The van der Waals surface area contributed by atoms with Gasteiger partial charge in [0.1, 0.15) is 5.82 Å². The minimum absolute atomic E-state index is 0.0156. The molecule has 3 rings (SSSR count). The van der Waals surface area contributed by atoms with Crippen molar-refractivity contribution >= 4 is 23.3 Å². The predicted octanol–water partition coefficient (Wildman–Crippen LogP) is 5.83. The lowest BCUT2D eigenvalue weighted by Crippen LogP contribution is -2.43. The Morgan fingerprint density at radius 2 is 1.63 bits per heavy atom. The van der Waals surface area contributed by atoms with Crippen LogP contribution in [-0.4, -0.2) is 37.0 Å². The topological polar surface area (TPSA) is 64.7 Å². The molecule has 6 nitrogen and oxygen atoms in total. The van der Waals surface area contributed by atoms with Crippen molar-refractivity contribution in [1.82, 2.24) is 10.2 Å². The van der Waals surface area contributed by atoms with Crippen molar-refractivity contribution in [2.75, 3.05) is 24.3 Å². The number of nitrogens with zero attached hydrogens (tertiary/aromatic N) is 2. The zero-order chi connectivity index (χ0) is 25.5. The van der Waals surface area contributed by atoms with Gasteiger partial charge in [0.25, 0.3) is 5.91 Å². The van der Waals surface area contributed by atoms with Crippen LogP contribution >= 0.6 is 0 Å². The summed E-state index contributed by atoms with van der Waals surface area (Å²) in [6.07, 6.45) is 0. The molecule has 0 aliphatic carbocycles. The van der Waals surface area contributed by atoms with Crippen LogP contribution in [0.25, 0.3) is 0 Å². The Morgan fingerprint density at radius 1 is 0.914 bits per heavy atom. The molecule has 1 atom stereocenters. The Bertz CT molecular complexity index is 1160. The number of hydrogen-bond acceptors (Lipinski definition) is 3. The van der Waals surface area contributed by atoms with Gasteiger partial charge in [0, 0.05) is 37.1 Å². The van der Waals surface area contributed by atoms with E-state index >= 15 is 0 Å². The molecule has 0 saturated carbocycles. The van der Waals surface area contributed by atoms with Gasteiger partial charge in [-0.15, -0.1) is 0 Å². The van der Waals surface area contributed by atoms with Crippen LogP contribution in [0.4, 0.5) is 20.6 Å². The van der Waals surface area contributed by atoms with Crippen molar-refractivity contribution in [2.24, 2.45) is 0 Å². The molecule has 0 spiro atoms. The molecule has 0 fully saturated rings. The zero-order valence-corrected chi connectivity index (χ0v) is 20.9. The molecular formula is C28H33FN4O2. The van der Waals surface area contributed by atoms with E-state index in [-0.39, 0.29) is 23.7 Å². The van der Waals surface area contributed by atoms with Crippen LogP contribution in [0.2, 0.25) is 0 Å². The second kappa shape index (κ2) is 11.5. The van der Waals surface area contributed by atoms with E-state index in [4.69, 9.17) is 0 Å². The van der Waals surface area contributed by atoms with Gasteiger partial charge < -0.3 is 20.4 Å². The second-order valence-corrected chi connectivity index (χ2v) is 9.02. The Balaban J connectivity index is 1.94. The lowest BCUT2D eigenvalue weighted by atomic mass is 10.0. The average molecular weight is 477 g/mol. The van der Waals surface area contributed by atoms with Gasteiger partial charge in [-0.25, -0.2) is 9.18 Å². The number of amides is 3. The SMILES string of the molecule is CC(C)NC(=O)N(Cc1cc(NC(=O)c2cccc(F)c2)ccc1N(C)C)C(C)c1ccccc1. The molecule has 0 aliphatic rings. The summed E-state index contributed by atoms with van der Waals surface area (Å²) >= 11 is 0. The predicted molar refractivity (Wildman–Crippen MR) is 139 cm³/mol. The molecule has 3 aromatic carbocycles. The maximum absolute atomic E-state index is 13.6. The summed E-state index contributed by atoms with van der Waals surface area (Å²) in [5.41, 5.74) is 3.62. The van der Waals surface area contributed by atoms with E-state index in [1.165, 1.54) is 18.2 Å². The van der Waals surface area contributed by atoms with Crippen LogP contribution in [0.15, 0.2) is 72.8 Å². The summed E-state index contributed by atoms with van der Waals surface area (Å²) in [4.78, 5) is 29.7. The average Bonchev–Trinajstić information content (AvgIpc) is 2.82. The van der Waals surface area contributed by atoms with Crippen LogP contribution in [0.1, 0.15) is 48.3 Å². The fourth-order valence-electron chi connectivity index (χ4n) is 3.87. The summed E-state index contributed by atoms with van der Waals surface area (Å²) in [7, 11) is 3.87. The first-order valence-corrected chi connectivity index (χ1v) is 11.6. The number of carbonyl (C=O) groups is 2. The van der Waals surface area contributed by atoms with Crippen molar-refractivity contribution in [1.29, 1.82) is 0 Å². The molecule has 0 aliphatic heterocycles. The van der Waals surface area contributed by atoms with E-state index in [0.29, 0.717) is 12.2 Å². The van der Waals surface area contributed by atoms with E-state index in [1.807, 2.05) is 82.2 Å². The maximum Gasteiger partial charge on any atom is 0.318 e. The van der Waals surface area contributed by atoms with E-state index in [1.54, 1.807) is 17.0 Å². The molecule has 3 aromatic rings. The van der Waals surface area contributed by atoms with Gasteiger partial charge in [0.15, 0.2) is 0 Å². The van der Waals surface area contributed by atoms with Crippen LogP contribution in [-0.2, 0) is 6.54 Å². The highest BCUT2D eigenvalue weighted by Gasteiger charge is 2.24. The van der Waals surface area contributed by atoms with Crippen LogP contribution in [0.3, 0.4) is 0 Å². The van der Waals surface area contributed by atoms with Gasteiger partial charge >= 0.3 is 6.03 Å². The highest BCUT2D eigenvalue weighted by molar-refractivity contribution is 6.04. The summed E-state index contributed by atoms with van der Waals surface area (Å²) < 4.78 is 13.6. The highest BCUT2D eigenvalue weighted by atomic mass is 19.1. The Morgan fingerprint density at radius 3 is 2.26 bits per heavy atom. The van der Waals surface area contributed by atoms with Crippen LogP contribution in [0.5, 0.6) is 0 Å². The van der Waals surface area contributed by atoms with Crippen molar-refractivity contribution in [3.63, 3.8) is 0 Å².